The average molecular weight is 649 g/mol. The largest absolute Gasteiger partial charge is 0.664 e. The van der Waals surface area contributed by atoms with Crippen LogP contribution in [0.25, 0.3) is 0 Å². The van der Waals surface area contributed by atoms with E-state index in [1.165, 1.54) is 128 Å². The Labute approximate surface area is 280 Å². The molecule has 5 nitrogen and oxygen atoms in total. The first-order valence-corrected chi connectivity index (χ1v) is 20.8. The first kappa shape index (κ1) is 43.3. The number of allylic oxidation sites excluding steroid dienone is 4. The zero-order chi connectivity index (χ0) is 33.1. The highest BCUT2D eigenvalue weighted by molar-refractivity contribution is 6.69. The molecule has 0 saturated heterocycles. The van der Waals surface area contributed by atoms with E-state index in [0.29, 0.717) is 12.8 Å². The van der Waals surface area contributed by atoms with E-state index >= 15 is 0 Å². The van der Waals surface area contributed by atoms with Crippen molar-refractivity contribution in [2.24, 2.45) is 0 Å². The lowest BCUT2D eigenvalue weighted by Crippen LogP contribution is -2.46. The van der Waals surface area contributed by atoms with Crippen molar-refractivity contribution in [3.63, 3.8) is 0 Å². The molecule has 0 amide bonds. The lowest BCUT2D eigenvalue weighted by atomic mass is 10.1. The normalized spacial score (nSPS) is 13.0. The van der Waals surface area contributed by atoms with Crippen LogP contribution in [0, 0.1) is 0 Å². The van der Waals surface area contributed by atoms with Crippen LogP contribution in [0.15, 0.2) is 36.6 Å². The molecule has 0 aromatic carbocycles. The first-order valence-electron chi connectivity index (χ1n) is 19.0. The summed E-state index contributed by atoms with van der Waals surface area (Å²) in [6, 6.07) is 0. The van der Waals surface area contributed by atoms with Crippen LogP contribution in [0.1, 0.15) is 194 Å². The standard InChI is InChI=1S/C39H72O5Si/c1-5-8-10-12-14-16-18-20-22-24-26-28-30-32-34-36-38(40)43-45(7-3,42-4)44-39(41)37-35-33-31-29-27-25-23-21-19-17-15-13-11-9-6-2/h7,20-23H,3,5-6,8-19,24-37H2,1-2,4H3. The topological polar surface area (TPSA) is 61.8 Å². The van der Waals surface area contributed by atoms with Crippen molar-refractivity contribution >= 4 is 20.7 Å². The van der Waals surface area contributed by atoms with Gasteiger partial charge in [-0.05, 0) is 64.2 Å². The van der Waals surface area contributed by atoms with Gasteiger partial charge in [0, 0.05) is 25.7 Å². The van der Waals surface area contributed by atoms with Crippen molar-refractivity contribution < 1.29 is 22.9 Å². The van der Waals surface area contributed by atoms with E-state index in [-0.39, 0.29) is 11.9 Å². The van der Waals surface area contributed by atoms with Gasteiger partial charge < -0.3 is 13.3 Å². The van der Waals surface area contributed by atoms with Gasteiger partial charge in [0.2, 0.25) is 0 Å². The molecule has 262 valence electrons. The van der Waals surface area contributed by atoms with Gasteiger partial charge >= 0.3 is 8.80 Å². The molecule has 0 aromatic rings. The van der Waals surface area contributed by atoms with Crippen LogP contribution in [0.3, 0.4) is 0 Å². The Morgan fingerprint density at radius 3 is 1.07 bits per heavy atom. The smallest absolute Gasteiger partial charge is 0.461 e. The van der Waals surface area contributed by atoms with E-state index in [4.69, 9.17) is 13.3 Å². The number of hydrogen-bond donors (Lipinski definition) is 0. The predicted molar refractivity (Wildman–Crippen MR) is 194 cm³/mol. The summed E-state index contributed by atoms with van der Waals surface area (Å²) < 4.78 is 16.5. The summed E-state index contributed by atoms with van der Waals surface area (Å²) in [7, 11) is -2.12. The van der Waals surface area contributed by atoms with Crippen molar-refractivity contribution in [3.8, 4) is 0 Å². The maximum Gasteiger partial charge on any atom is 0.664 e. The van der Waals surface area contributed by atoms with E-state index in [2.05, 4.69) is 44.7 Å². The highest BCUT2D eigenvalue weighted by atomic mass is 28.4. The summed E-state index contributed by atoms with van der Waals surface area (Å²) >= 11 is 0. The fraction of sp³-hybridized carbons (Fsp3) is 0.795. The summed E-state index contributed by atoms with van der Waals surface area (Å²) in [5.41, 5.74) is 1.38. The zero-order valence-electron chi connectivity index (χ0n) is 29.9. The minimum Gasteiger partial charge on any atom is -0.461 e. The molecule has 6 heteroatoms. The maximum atomic E-state index is 12.5. The SMILES string of the molecule is C=C[Si](OC)(OC(=O)CCCCCCCC=CCCCCCCCC)OC(=O)CCCCCCCC=CCCCCCCCC. The Hall–Kier alpha value is -1.66. The number of unbranched alkanes of at least 4 members (excludes halogenated alkanes) is 22. The van der Waals surface area contributed by atoms with Crippen molar-refractivity contribution in [2.75, 3.05) is 7.11 Å². The Morgan fingerprint density at radius 1 is 0.489 bits per heavy atom. The second-order valence-electron chi connectivity index (χ2n) is 12.6. The molecule has 0 radical (unpaired) electrons. The van der Waals surface area contributed by atoms with Crippen LogP contribution in [0.2, 0.25) is 0 Å². The van der Waals surface area contributed by atoms with Gasteiger partial charge in [-0.15, -0.1) is 0 Å². The summed E-state index contributed by atoms with van der Waals surface area (Å²) in [5.74, 6) is -0.760. The molecule has 0 heterocycles. The lowest BCUT2D eigenvalue weighted by molar-refractivity contribution is -0.144. The molecule has 0 atom stereocenters. The second-order valence-corrected chi connectivity index (χ2v) is 15.1. The number of carbonyl (C=O) groups is 2. The summed E-state index contributed by atoms with van der Waals surface area (Å²) in [6.45, 7) is 8.25. The molecule has 0 saturated carbocycles. The van der Waals surface area contributed by atoms with E-state index < -0.39 is 8.80 Å². The molecule has 0 aliphatic rings. The van der Waals surface area contributed by atoms with Crippen molar-refractivity contribution in [2.45, 2.75) is 194 Å². The van der Waals surface area contributed by atoms with Crippen LogP contribution in [0.5, 0.6) is 0 Å². The van der Waals surface area contributed by atoms with Gasteiger partial charge in [-0.3, -0.25) is 9.59 Å². The van der Waals surface area contributed by atoms with Gasteiger partial charge in [0.1, 0.15) is 0 Å². The van der Waals surface area contributed by atoms with E-state index in [1.807, 2.05) is 0 Å². The third-order valence-electron chi connectivity index (χ3n) is 8.33. The minimum absolute atomic E-state index is 0.301. The van der Waals surface area contributed by atoms with Crippen LogP contribution < -0.4 is 0 Å². The number of rotatable bonds is 34. The van der Waals surface area contributed by atoms with Gasteiger partial charge in [-0.1, -0.05) is 147 Å². The van der Waals surface area contributed by atoms with Gasteiger partial charge in [0.05, 0.1) is 0 Å². The van der Waals surface area contributed by atoms with Gasteiger partial charge in [0.25, 0.3) is 11.9 Å². The highest BCUT2D eigenvalue weighted by Gasteiger charge is 2.45. The Bertz CT molecular complexity index is 694. The van der Waals surface area contributed by atoms with Gasteiger partial charge in [-0.2, -0.15) is 0 Å². The van der Waals surface area contributed by atoms with Crippen LogP contribution >= 0.6 is 0 Å². The molecule has 0 rings (SSSR count). The fourth-order valence-electron chi connectivity index (χ4n) is 5.37. The Balaban J connectivity index is 3.86. The molecule has 0 aromatic heterocycles. The molecule has 0 unspecified atom stereocenters. The molecule has 0 N–H and O–H groups in total. The second kappa shape index (κ2) is 33.7. The lowest BCUT2D eigenvalue weighted by Gasteiger charge is -2.23. The summed E-state index contributed by atoms with van der Waals surface area (Å²) in [5, 5.41) is 0. The minimum atomic E-state index is -3.54. The maximum absolute atomic E-state index is 12.5. The van der Waals surface area contributed by atoms with Crippen LogP contribution in [-0.2, 0) is 22.9 Å². The third kappa shape index (κ3) is 29.5. The molecule has 0 fully saturated rings. The fourth-order valence-corrected chi connectivity index (χ4v) is 6.75. The van der Waals surface area contributed by atoms with Gasteiger partial charge in [0.15, 0.2) is 0 Å². The van der Waals surface area contributed by atoms with Crippen molar-refractivity contribution in [3.05, 3.63) is 36.6 Å². The Kier molecular flexibility index (Phi) is 32.4. The van der Waals surface area contributed by atoms with E-state index in [0.717, 1.165) is 51.4 Å². The predicted octanol–water partition coefficient (Wildman–Crippen LogP) is 12.5. The average Bonchev–Trinajstić information content (AvgIpc) is 3.04. The van der Waals surface area contributed by atoms with Crippen molar-refractivity contribution in [1.29, 1.82) is 0 Å². The Morgan fingerprint density at radius 2 is 0.778 bits per heavy atom. The number of carbonyl (C=O) groups excluding carboxylic acids is 2. The molecule has 0 aliphatic heterocycles. The number of hydrogen-bond acceptors (Lipinski definition) is 5. The summed E-state index contributed by atoms with van der Waals surface area (Å²) in [6.07, 6.45) is 41.3. The first-order chi connectivity index (χ1) is 22.0. The third-order valence-corrected chi connectivity index (χ3v) is 10.4. The van der Waals surface area contributed by atoms with E-state index in [1.54, 1.807) is 0 Å². The van der Waals surface area contributed by atoms with Crippen LogP contribution in [0.4, 0.5) is 0 Å². The van der Waals surface area contributed by atoms with Crippen molar-refractivity contribution in [1.82, 2.24) is 0 Å². The molecule has 45 heavy (non-hydrogen) atoms. The molecular weight excluding hydrogens is 577 g/mol. The summed E-state index contributed by atoms with van der Waals surface area (Å²) in [4.78, 5) is 25.0. The molecule has 0 spiro atoms. The highest BCUT2D eigenvalue weighted by Crippen LogP contribution is 2.17. The quantitative estimate of drug-likeness (QED) is 0.0395. The molecular formula is C39H72O5Si. The van der Waals surface area contributed by atoms with Crippen LogP contribution in [-0.4, -0.2) is 27.9 Å². The van der Waals surface area contributed by atoms with Gasteiger partial charge in [-0.25, -0.2) is 0 Å². The van der Waals surface area contributed by atoms with E-state index in [9.17, 15) is 9.59 Å². The molecule has 0 bridgehead atoms. The zero-order valence-corrected chi connectivity index (χ0v) is 30.9. The monoisotopic (exact) mass is 649 g/mol. The molecule has 0 aliphatic carbocycles.